The number of fused-ring (bicyclic) bond motifs is 2. The number of ether oxygens (including phenoxy) is 1. The van der Waals surface area contributed by atoms with Crippen molar-refractivity contribution < 1.29 is 14.6 Å². The number of carboxylic acid groups (broad SMARTS) is 1. The monoisotopic (exact) mass is 517 g/mol. The van der Waals surface area contributed by atoms with Gasteiger partial charge in [-0.15, -0.1) is 0 Å². The highest BCUT2D eigenvalue weighted by Gasteiger charge is 2.40. The number of nitrogens with one attached hydrogen (secondary N) is 1. The third kappa shape index (κ3) is 5.04. The maximum atomic E-state index is 12.5. The molecule has 2 aromatic heterocycles. The molecule has 0 amide bonds. The standard InChI is InChI=1S/C30H39N5O3/c1-19-25-9-5-10-26(27(25)35(33-19)20(2)21-11-12-21)28(30(36)37)34-17-24(18-34)38-16-4-3-8-23-14-13-22-7-6-15-31-29(22)32-23/h5,9-10,13-14,20-21,24,28H,3-4,6-8,11-12,15-18H2,1-2H3,(H,31,32)(H,36,37). The van der Waals surface area contributed by atoms with Crippen LogP contribution in [0.5, 0.6) is 0 Å². The van der Waals surface area contributed by atoms with Gasteiger partial charge in [0.1, 0.15) is 11.9 Å². The summed E-state index contributed by atoms with van der Waals surface area (Å²) in [6, 6.07) is 9.96. The Labute approximate surface area is 224 Å². The molecule has 38 heavy (non-hydrogen) atoms. The van der Waals surface area contributed by atoms with E-state index in [1.807, 2.05) is 24.0 Å². The van der Waals surface area contributed by atoms with Crippen LogP contribution in [0.15, 0.2) is 30.3 Å². The number of para-hydroxylation sites is 1. The van der Waals surface area contributed by atoms with E-state index in [0.717, 1.165) is 65.9 Å². The maximum absolute atomic E-state index is 12.5. The van der Waals surface area contributed by atoms with Gasteiger partial charge in [0.25, 0.3) is 0 Å². The Hall–Kier alpha value is -2.97. The summed E-state index contributed by atoms with van der Waals surface area (Å²) in [6.45, 7) is 7.20. The van der Waals surface area contributed by atoms with Crippen LogP contribution in [0.3, 0.4) is 0 Å². The van der Waals surface area contributed by atoms with Crippen molar-refractivity contribution in [3.05, 3.63) is 52.8 Å². The minimum Gasteiger partial charge on any atom is -0.480 e. The molecule has 6 rings (SSSR count). The summed E-state index contributed by atoms with van der Waals surface area (Å²) in [5.41, 5.74) is 5.24. The van der Waals surface area contributed by atoms with Crippen molar-refractivity contribution >= 4 is 22.7 Å². The number of aliphatic carboxylic acids is 1. The van der Waals surface area contributed by atoms with Crippen LogP contribution in [-0.4, -0.2) is 63.1 Å². The summed E-state index contributed by atoms with van der Waals surface area (Å²) in [5.74, 6) is 0.881. The van der Waals surface area contributed by atoms with Gasteiger partial charge in [0.15, 0.2) is 0 Å². The van der Waals surface area contributed by atoms with Crippen molar-refractivity contribution in [2.24, 2.45) is 5.92 Å². The van der Waals surface area contributed by atoms with Crippen LogP contribution in [-0.2, 0) is 22.4 Å². The summed E-state index contributed by atoms with van der Waals surface area (Å²) < 4.78 is 8.20. The molecule has 2 atom stereocenters. The fraction of sp³-hybridized carbons (Fsp3) is 0.567. The van der Waals surface area contributed by atoms with Gasteiger partial charge >= 0.3 is 5.97 Å². The van der Waals surface area contributed by atoms with E-state index in [4.69, 9.17) is 14.8 Å². The van der Waals surface area contributed by atoms with E-state index in [0.29, 0.717) is 25.6 Å². The molecule has 1 aliphatic carbocycles. The van der Waals surface area contributed by atoms with Crippen LogP contribution in [0.25, 0.3) is 10.9 Å². The average Bonchev–Trinajstić information content (AvgIpc) is 3.69. The Kier molecular flexibility index (Phi) is 7.10. The van der Waals surface area contributed by atoms with E-state index >= 15 is 0 Å². The van der Waals surface area contributed by atoms with E-state index in [2.05, 4.69) is 35.1 Å². The van der Waals surface area contributed by atoms with E-state index in [1.165, 1.54) is 24.8 Å². The lowest BCUT2D eigenvalue weighted by molar-refractivity contribution is -0.150. The Morgan fingerprint density at radius 1 is 1.21 bits per heavy atom. The maximum Gasteiger partial charge on any atom is 0.325 e. The first kappa shape index (κ1) is 25.3. The Morgan fingerprint density at radius 2 is 2.05 bits per heavy atom. The van der Waals surface area contributed by atoms with Crippen LogP contribution >= 0.6 is 0 Å². The number of nitrogens with zero attached hydrogens (tertiary/aromatic N) is 4. The SMILES string of the molecule is Cc1nn(C(C)C2CC2)c2c(C(C(=O)O)N3CC(OCCCCc4ccc5c(n4)NCCC5)C3)cccc12. The number of hydrogen-bond acceptors (Lipinski definition) is 6. The lowest BCUT2D eigenvalue weighted by Crippen LogP contribution is -2.55. The zero-order chi connectivity index (χ0) is 26.2. The zero-order valence-corrected chi connectivity index (χ0v) is 22.5. The minimum absolute atomic E-state index is 0.0826. The van der Waals surface area contributed by atoms with Gasteiger partial charge in [-0.3, -0.25) is 14.4 Å². The number of anilines is 1. The first-order valence-corrected chi connectivity index (χ1v) is 14.3. The number of pyridine rings is 1. The molecule has 1 saturated heterocycles. The third-order valence-electron chi connectivity index (χ3n) is 8.54. The summed E-state index contributed by atoms with van der Waals surface area (Å²) in [5, 5.41) is 19.6. The molecular formula is C30H39N5O3. The van der Waals surface area contributed by atoms with Crippen molar-refractivity contribution in [1.82, 2.24) is 19.7 Å². The molecule has 8 nitrogen and oxygen atoms in total. The largest absolute Gasteiger partial charge is 0.480 e. The van der Waals surface area contributed by atoms with Crippen molar-refractivity contribution in [2.45, 2.75) is 77.0 Å². The van der Waals surface area contributed by atoms with E-state index in [-0.39, 0.29) is 12.1 Å². The number of hydrogen-bond donors (Lipinski definition) is 2. The molecule has 2 aliphatic heterocycles. The lowest BCUT2D eigenvalue weighted by Gasteiger charge is -2.42. The molecule has 0 radical (unpaired) electrons. The second-order valence-corrected chi connectivity index (χ2v) is 11.3. The first-order chi connectivity index (χ1) is 18.5. The quantitative estimate of drug-likeness (QED) is 0.349. The normalized spacial score (nSPS) is 19.5. The zero-order valence-electron chi connectivity index (χ0n) is 22.5. The van der Waals surface area contributed by atoms with E-state index in [1.54, 1.807) is 0 Å². The Bertz CT molecular complexity index is 1310. The Balaban J connectivity index is 1.04. The minimum atomic E-state index is -0.813. The first-order valence-electron chi connectivity index (χ1n) is 14.3. The molecule has 1 aromatic carbocycles. The smallest absolute Gasteiger partial charge is 0.325 e. The molecule has 1 saturated carbocycles. The van der Waals surface area contributed by atoms with Crippen molar-refractivity contribution in [1.29, 1.82) is 0 Å². The predicted octanol–water partition coefficient (Wildman–Crippen LogP) is 4.92. The molecule has 0 bridgehead atoms. The second-order valence-electron chi connectivity index (χ2n) is 11.3. The molecule has 0 spiro atoms. The number of carbonyl (C=O) groups is 1. The average molecular weight is 518 g/mol. The van der Waals surface area contributed by atoms with Gasteiger partial charge in [0.05, 0.1) is 23.4 Å². The van der Waals surface area contributed by atoms with Crippen LogP contribution in [0.1, 0.15) is 73.6 Å². The molecular weight excluding hydrogens is 478 g/mol. The van der Waals surface area contributed by atoms with Gasteiger partial charge in [-0.05, 0) is 76.3 Å². The molecule has 202 valence electrons. The topological polar surface area (TPSA) is 92.5 Å². The number of unbranched alkanes of at least 4 members (excludes halogenated alkanes) is 1. The summed E-state index contributed by atoms with van der Waals surface area (Å²) in [4.78, 5) is 19.3. The molecule has 2 unspecified atom stereocenters. The van der Waals surface area contributed by atoms with Crippen molar-refractivity contribution in [3.63, 3.8) is 0 Å². The highest BCUT2D eigenvalue weighted by atomic mass is 16.5. The number of benzene rings is 1. The van der Waals surface area contributed by atoms with Crippen LogP contribution in [0, 0.1) is 12.8 Å². The summed E-state index contributed by atoms with van der Waals surface area (Å²) >= 11 is 0. The molecule has 2 fully saturated rings. The summed E-state index contributed by atoms with van der Waals surface area (Å²) in [7, 11) is 0. The van der Waals surface area contributed by atoms with Crippen LogP contribution < -0.4 is 5.32 Å². The fourth-order valence-electron chi connectivity index (χ4n) is 6.11. The lowest BCUT2D eigenvalue weighted by atomic mass is 9.97. The van der Waals surface area contributed by atoms with Crippen LogP contribution in [0.4, 0.5) is 5.82 Å². The number of rotatable bonds is 11. The van der Waals surface area contributed by atoms with Crippen molar-refractivity contribution in [3.8, 4) is 0 Å². The van der Waals surface area contributed by atoms with Gasteiger partial charge < -0.3 is 15.2 Å². The van der Waals surface area contributed by atoms with E-state index < -0.39 is 12.0 Å². The van der Waals surface area contributed by atoms with Gasteiger partial charge in [0, 0.05) is 42.9 Å². The predicted molar refractivity (Wildman–Crippen MR) is 148 cm³/mol. The molecule has 2 N–H and O–H groups in total. The van der Waals surface area contributed by atoms with Crippen LogP contribution in [0.2, 0.25) is 0 Å². The molecule has 3 aromatic rings. The number of aromatic nitrogens is 3. The second kappa shape index (κ2) is 10.7. The van der Waals surface area contributed by atoms with E-state index in [9.17, 15) is 9.90 Å². The number of aryl methyl sites for hydroxylation is 3. The highest BCUT2D eigenvalue weighted by Crippen LogP contribution is 2.42. The van der Waals surface area contributed by atoms with Gasteiger partial charge in [-0.25, -0.2) is 4.98 Å². The number of carboxylic acids is 1. The number of likely N-dealkylation sites (tertiary alicyclic amines) is 1. The molecule has 8 heteroatoms. The van der Waals surface area contributed by atoms with Gasteiger partial charge in [-0.2, -0.15) is 5.10 Å². The van der Waals surface area contributed by atoms with Gasteiger partial charge in [0.2, 0.25) is 0 Å². The molecule has 3 aliphatic rings. The van der Waals surface area contributed by atoms with Gasteiger partial charge in [-0.1, -0.05) is 24.3 Å². The third-order valence-corrected chi connectivity index (χ3v) is 8.54. The highest BCUT2D eigenvalue weighted by molar-refractivity contribution is 5.90. The fourth-order valence-corrected chi connectivity index (χ4v) is 6.11. The summed E-state index contributed by atoms with van der Waals surface area (Å²) in [6.07, 6.45) is 7.77. The molecule has 4 heterocycles. The van der Waals surface area contributed by atoms with Crippen molar-refractivity contribution in [2.75, 3.05) is 31.6 Å². The Morgan fingerprint density at radius 3 is 2.84 bits per heavy atom.